The fourth-order valence-electron chi connectivity index (χ4n) is 2.54. The van der Waals surface area contributed by atoms with E-state index in [1.807, 2.05) is 55.8 Å². The highest BCUT2D eigenvalue weighted by Crippen LogP contribution is 2.16. The Kier molecular flexibility index (Phi) is 4.95. The molecule has 2 heterocycles. The molecule has 0 saturated heterocycles. The van der Waals surface area contributed by atoms with Gasteiger partial charge in [0.05, 0.1) is 5.69 Å². The lowest BCUT2D eigenvalue weighted by molar-refractivity contribution is 0.0915. The van der Waals surface area contributed by atoms with Gasteiger partial charge in [-0.25, -0.2) is 4.98 Å². The van der Waals surface area contributed by atoms with Crippen LogP contribution in [0.1, 0.15) is 35.5 Å². The molecule has 6 heteroatoms. The highest BCUT2D eigenvalue weighted by Gasteiger charge is 2.19. The lowest BCUT2D eigenvalue weighted by Gasteiger charge is -2.24. The number of pyridine rings is 1. The van der Waals surface area contributed by atoms with Gasteiger partial charge in [-0.1, -0.05) is 12.1 Å². The van der Waals surface area contributed by atoms with E-state index in [1.165, 1.54) is 5.56 Å². The van der Waals surface area contributed by atoms with Crippen molar-refractivity contribution < 1.29 is 9.53 Å². The van der Waals surface area contributed by atoms with Gasteiger partial charge in [-0.05, 0) is 50.6 Å². The number of carbonyl (C=O) groups is 1. The van der Waals surface area contributed by atoms with Gasteiger partial charge in [0.1, 0.15) is 18.0 Å². The Hall–Kier alpha value is -2.86. The Bertz CT molecular complexity index is 930. The molecule has 0 unspecified atom stereocenters. The number of rotatable bonds is 6. The fraction of sp³-hybridized carbons (Fsp3) is 0.300. The molecule has 0 bridgehead atoms. The minimum atomic E-state index is -0.456. The van der Waals surface area contributed by atoms with Gasteiger partial charge in [0.2, 0.25) is 0 Å². The van der Waals surface area contributed by atoms with E-state index < -0.39 is 5.54 Å². The van der Waals surface area contributed by atoms with Gasteiger partial charge in [-0.15, -0.1) is 0 Å². The quantitative estimate of drug-likeness (QED) is 0.715. The van der Waals surface area contributed by atoms with Crippen molar-refractivity contribution in [3.05, 3.63) is 65.6 Å². The van der Waals surface area contributed by atoms with Crippen LogP contribution in [0.3, 0.4) is 0 Å². The Morgan fingerprint density at radius 2 is 2.08 bits per heavy atom. The fourth-order valence-corrected chi connectivity index (χ4v) is 2.54. The molecule has 0 radical (unpaired) electrons. The van der Waals surface area contributed by atoms with Crippen molar-refractivity contribution in [1.29, 1.82) is 0 Å². The summed E-state index contributed by atoms with van der Waals surface area (Å²) in [5.74, 6) is 0.450. The summed E-state index contributed by atoms with van der Waals surface area (Å²) in [4.78, 5) is 16.9. The number of benzene rings is 1. The van der Waals surface area contributed by atoms with Crippen molar-refractivity contribution in [1.82, 2.24) is 14.7 Å². The molecule has 0 spiro atoms. The first-order valence-corrected chi connectivity index (χ1v) is 8.56. The van der Waals surface area contributed by atoms with Crippen molar-refractivity contribution in [3.8, 4) is 5.75 Å². The number of aromatic nitrogens is 2. The van der Waals surface area contributed by atoms with Gasteiger partial charge in [0.15, 0.2) is 0 Å². The third-order valence-electron chi connectivity index (χ3n) is 4.09. The molecular weight excluding hydrogens is 328 g/mol. The van der Waals surface area contributed by atoms with E-state index in [9.17, 15) is 4.79 Å². The van der Waals surface area contributed by atoms with Gasteiger partial charge >= 0.3 is 0 Å². The minimum Gasteiger partial charge on any atom is -0.487 e. The van der Waals surface area contributed by atoms with Crippen molar-refractivity contribution in [3.63, 3.8) is 0 Å². The molecule has 3 aromatic rings. The van der Waals surface area contributed by atoms with E-state index in [1.54, 1.807) is 18.2 Å². The average Bonchev–Trinajstić information content (AvgIpc) is 3.02. The van der Waals surface area contributed by atoms with Crippen LogP contribution in [-0.2, 0) is 6.61 Å². The number of amides is 1. The van der Waals surface area contributed by atoms with Crippen molar-refractivity contribution in [2.75, 3.05) is 6.54 Å². The summed E-state index contributed by atoms with van der Waals surface area (Å²) in [7, 11) is 0. The first-order valence-electron chi connectivity index (χ1n) is 8.56. The van der Waals surface area contributed by atoms with Gasteiger partial charge in [-0.2, -0.15) is 0 Å². The maximum Gasteiger partial charge on any atom is 0.251 e. The number of hydrogen-bond donors (Lipinski definition) is 2. The molecule has 0 aliphatic carbocycles. The molecule has 3 N–H and O–H groups in total. The van der Waals surface area contributed by atoms with Crippen LogP contribution < -0.4 is 15.8 Å². The van der Waals surface area contributed by atoms with Crippen molar-refractivity contribution >= 4 is 11.6 Å². The highest BCUT2D eigenvalue weighted by atomic mass is 16.5. The summed E-state index contributed by atoms with van der Waals surface area (Å²) in [6, 6.07) is 11.1. The monoisotopic (exact) mass is 352 g/mol. The molecule has 136 valence electrons. The van der Waals surface area contributed by atoms with Gasteiger partial charge in [0, 0.05) is 30.0 Å². The van der Waals surface area contributed by atoms with Crippen LogP contribution in [0.25, 0.3) is 5.65 Å². The number of nitrogens with two attached hydrogens (primary N) is 1. The van der Waals surface area contributed by atoms with Gasteiger partial charge < -0.3 is 20.2 Å². The Labute approximate surface area is 153 Å². The van der Waals surface area contributed by atoms with E-state index in [0.29, 0.717) is 24.5 Å². The lowest BCUT2D eigenvalue weighted by atomic mass is 10.1. The molecular formula is C20H24N4O2. The summed E-state index contributed by atoms with van der Waals surface area (Å²) >= 11 is 0. The van der Waals surface area contributed by atoms with Crippen LogP contribution in [0.15, 0.2) is 48.8 Å². The largest absolute Gasteiger partial charge is 0.487 e. The lowest BCUT2D eigenvalue weighted by Crippen LogP contribution is -2.48. The van der Waals surface area contributed by atoms with E-state index >= 15 is 0 Å². The second kappa shape index (κ2) is 7.17. The molecule has 2 aromatic heterocycles. The number of fused-ring (bicyclic) bond motifs is 1. The van der Waals surface area contributed by atoms with Crippen LogP contribution in [0.2, 0.25) is 0 Å². The molecule has 1 amide bonds. The van der Waals surface area contributed by atoms with Crippen LogP contribution in [-0.4, -0.2) is 27.4 Å². The average molecular weight is 352 g/mol. The second-order valence-electron chi connectivity index (χ2n) is 7.06. The first-order chi connectivity index (χ1) is 12.4. The maximum atomic E-state index is 12.4. The number of nitrogens with one attached hydrogen (secondary N) is 1. The molecule has 0 aliphatic heterocycles. The predicted molar refractivity (Wildman–Crippen MR) is 101 cm³/mol. The summed E-state index contributed by atoms with van der Waals surface area (Å²) in [5, 5.41) is 2.91. The van der Waals surface area contributed by atoms with E-state index in [-0.39, 0.29) is 5.91 Å². The number of nitrogens with zero attached hydrogens (tertiary/aromatic N) is 2. The number of ether oxygens (including phenoxy) is 1. The molecule has 0 fully saturated rings. The smallest absolute Gasteiger partial charge is 0.251 e. The van der Waals surface area contributed by atoms with Crippen LogP contribution in [0, 0.1) is 6.92 Å². The van der Waals surface area contributed by atoms with Gasteiger partial charge in [-0.3, -0.25) is 4.79 Å². The third-order valence-corrected chi connectivity index (χ3v) is 4.09. The summed E-state index contributed by atoms with van der Waals surface area (Å²) < 4.78 is 7.80. The van der Waals surface area contributed by atoms with Crippen LogP contribution in [0.5, 0.6) is 5.75 Å². The maximum absolute atomic E-state index is 12.4. The summed E-state index contributed by atoms with van der Waals surface area (Å²) in [6.07, 6.45) is 3.97. The first kappa shape index (κ1) is 17.9. The SMILES string of the molecule is Cc1ccc2nc(COc3cccc(C(=O)NC(C)(C)CN)c3)cn2c1. The zero-order valence-electron chi connectivity index (χ0n) is 15.3. The number of aryl methyl sites for hydroxylation is 1. The van der Waals surface area contributed by atoms with E-state index in [4.69, 9.17) is 10.5 Å². The Balaban J connectivity index is 1.69. The highest BCUT2D eigenvalue weighted by molar-refractivity contribution is 5.95. The molecule has 1 aromatic carbocycles. The van der Waals surface area contributed by atoms with E-state index in [2.05, 4.69) is 10.3 Å². The number of carbonyl (C=O) groups excluding carboxylic acids is 1. The summed E-state index contributed by atoms with van der Waals surface area (Å²) in [6.45, 7) is 6.51. The van der Waals surface area contributed by atoms with Crippen molar-refractivity contribution in [2.45, 2.75) is 32.9 Å². The molecule has 0 atom stereocenters. The van der Waals surface area contributed by atoms with Gasteiger partial charge in [0.25, 0.3) is 5.91 Å². The number of imidazole rings is 1. The summed E-state index contributed by atoms with van der Waals surface area (Å²) in [5.41, 5.74) is 8.63. The van der Waals surface area contributed by atoms with E-state index in [0.717, 1.165) is 11.3 Å². The zero-order chi connectivity index (χ0) is 18.7. The molecule has 3 rings (SSSR count). The second-order valence-corrected chi connectivity index (χ2v) is 7.06. The minimum absolute atomic E-state index is 0.172. The zero-order valence-corrected chi connectivity index (χ0v) is 15.3. The molecule has 0 aliphatic rings. The third kappa shape index (κ3) is 4.21. The molecule has 6 nitrogen and oxygen atoms in total. The van der Waals surface area contributed by atoms with Crippen LogP contribution >= 0.6 is 0 Å². The standard InChI is InChI=1S/C20H24N4O2/c1-14-7-8-18-22-16(11-24(18)10-14)12-26-17-6-4-5-15(9-17)19(25)23-20(2,3)13-21/h4-11H,12-13,21H2,1-3H3,(H,23,25). The Morgan fingerprint density at radius 3 is 2.85 bits per heavy atom. The topological polar surface area (TPSA) is 81.6 Å². The molecule has 26 heavy (non-hydrogen) atoms. The Morgan fingerprint density at radius 1 is 1.27 bits per heavy atom. The number of hydrogen-bond acceptors (Lipinski definition) is 4. The normalized spacial score (nSPS) is 11.5. The predicted octanol–water partition coefficient (Wildman–Crippen LogP) is 2.69. The van der Waals surface area contributed by atoms with Crippen molar-refractivity contribution in [2.24, 2.45) is 5.73 Å². The van der Waals surface area contributed by atoms with Crippen LogP contribution in [0.4, 0.5) is 0 Å². The molecule has 0 saturated carbocycles.